The van der Waals surface area contributed by atoms with Crippen LogP contribution in [0.1, 0.15) is 35.7 Å². The van der Waals surface area contributed by atoms with Crippen LogP contribution in [0, 0.1) is 12.3 Å². The first-order valence-corrected chi connectivity index (χ1v) is 9.97. The molecule has 4 rings (SSSR count). The number of amides is 1. The average molecular weight is 359 g/mol. The molecule has 0 aromatic carbocycles. The number of rotatable bonds is 4. The molecule has 0 aliphatic carbocycles. The third-order valence-corrected chi connectivity index (χ3v) is 6.54. The summed E-state index contributed by atoms with van der Waals surface area (Å²) in [7, 11) is 2.09. The lowest BCUT2D eigenvalue weighted by atomic mass is 9.78. The molecule has 1 amide bonds. The number of piperidine rings is 1. The van der Waals surface area contributed by atoms with E-state index in [0.29, 0.717) is 12.5 Å². The molecule has 0 radical (unpaired) electrons. The van der Waals surface area contributed by atoms with Gasteiger partial charge >= 0.3 is 0 Å². The van der Waals surface area contributed by atoms with Gasteiger partial charge in [-0.2, -0.15) is 0 Å². The van der Waals surface area contributed by atoms with Crippen molar-refractivity contribution in [1.29, 1.82) is 0 Å². The van der Waals surface area contributed by atoms with Crippen molar-refractivity contribution in [3.8, 4) is 0 Å². The lowest BCUT2D eigenvalue weighted by Gasteiger charge is -2.39. The van der Waals surface area contributed by atoms with Crippen LogP contribution in [0.2, 0.25) is 0 Å². The Kier molecular flexibility index (Phi) is 4.41. The van der Waals surface area contributed by atoms with Crippen LogP contribution in [0.3, 0.4) is 0 Å². The fourth-order valence-corrected chi connectivity index (χ4v) is 4.95. The lowest BCUT2D eigenvalue weighted by Crippen LogP contribution is -2.47. The lowest BCUT2D eigenvalue weighted by molar-refractivity contribution is -0.139. The monoisotopic (exact) mass is 358 g/mol. The Morgan fingerprint density at radius 3 is 2.88 bits per heavy atom. The molecule has 134 valence electrons. The van der Waals surface area contributed by atoms with Gasteiger partial charge in [0.2, 0.25) is 5.91 Å². The summed E-state index contributed by atoms with van der Waals surface area (Å²) in [6.07, 6.45) is 5.22. The molecule has 1 atom stereocenters. The zero-order valence-corrected chi connectivity index (χ0v) is 15.9. The van der Waals surface area contributed by atoms with Gasteiger partial charge in [-0.1, -0.05) is 0 Å². The summed E-state index contributed by atoms with van der Waals surface area (Å²) < 4.78 is 2.18. The molecular formula is C19H26N4OS. The number of aromatic nitrogens is 2. The molecule has 4 heterocycles. The van der Waals surface area contributed by atoms with E-state index in [1.165, 1.54) is 5.69 Å². The van der Waals surface area contributed by atoms with Gasteiger partial charge in [0.1, 0.15) is 0 Å². The Balaban J connectivity index is 1.44. The molecule has 5 nitrogen and oxygen atoms in total. The van der Waals surface area contributed by atoms with Crippen molar-refractivity contribution in [3.05, 3.63) is 40.1 Å². The van der Waals surface area contributed by atoms with Crippen LogP contribution < -0.4 is 0 Å². The Morgan fingerprint density at radius 2 is 2.16 bits per heavy atom. The van der Waals surface area contributed by atoms with Crippen molar-refractivity contribution < 1.29 is 4.79 Å². The minimum Gasteiger partial charge on any atom is -0.353 e. The number of hydrogen-bond acceptors (Lipinski definition) is 4. The quantitative estimate of drug-likeness (QED) is 0.844. The number of hydrogen-bond donors (Lipinski definition) is 0. The van der Waals surface area contributed by atoms with Crippen LogP contribution in [0.15, 0.2) is 23.7 Å². The zero-order chi connectivity index (χ0) is 17.4. The van der Waals surface area contributed by atoms with E-state index >= 15 is 0 Å². The van der Waals surface area contributed by atoms with Crippen LogP contribution in [-0.2, 0) is 24.9 Å². The van der Waals surface area contributed by atoms with Gasteiger partial charge in [0.15, 0.2) is 0 Å². The Labute approximate surface area is 153 Å². The molecule has 0 N–H and O–H groups in total. The van der Waals surface area contributed by atoms with E-state index in [-0.39, 0.29) is 5.41 Å². The Hall–Kier alpha value is -1.66. The van der Waals surface area contributed by atoms with Gasteiger partial charge in [-0.25, -0.2) is 4.98 Å². The van der Waals surface area contributed by atoms with Crippen molar-refractivity contribution in [2.24, 2.45) is 12.5 Å². The van der Waals surface area contributed by atoms with Crippen molar-refractivity contribution >= 4 is 17.2 Å². The highest BCUT2D eigenvalue weighted by Crippen LogP contribution is 2.41. The van der Waals surface area contributed by atoms with Gasteiger partial charge < -0.3 is 9.47 Å². The van der Waals surface area contributed by atoms with E-state index in [1.54, 1.807) is 11.3 Å². The first kappa shape index (κ1) is 16.8. The maximum atomic E-state index is 13.2. The van der Waals surface area contributed by atoms with E-state index in [1.807, 2.05) is 11.8 Å². The first-order valence-electron chi connectivity index (χ1n) is 9.09. The van der Waals surface area contributed by atoms with E-state index < -0.39 is 0 Å². The second kappa shape index (κ2) is 6.57. The Morgan fingerprint density at radius 1 is 1.28 bits per heavy atom. The molecular weight excluding hydrogens is 332 g/mol. The van der Waals surface area contributed by atoms with Crippen molar-refractivity contribution in [1.82, 2.24) is 19.4 Å². The number of aryl methyl sites for hydroxylation is 2. The van der Waals surface area contributed by atoms with E-state index in [9.17, 15) is 4.79 Å². The molecule has 2 aliphatic rings. The third-order valence-electron chi connectivity index (χ3n) is 5.71. The smallest absolute Gasteiger partial charge is 0.230 e. The molecule has 2 aromatic heterocycles. The fraction of sp³-hybridized carbons (Fsp3) is 0.579. The summed E-state index contributed by atoms with van der Waals surface area (Å²) in [6, 6.07) is 4.27. The first-order chi connectivity index (χ1) is 12.1. The standard InChI is InChI=1S/C19H26N4OS/c1-15-20-16(13-25-15)11-23-10-7-19(18(23)24)6-4-9-22(14-19)12-17-5-3-8-21(17)2/h3,5,8,13H,4,6-7,9-12,14H2,1-2H3/t19-/m0/s1. The SMILES string of the molecule is Cc1nc(CN2CC[C@]3(CCCN(Cc4cccn4C)C3)C2=O)cs1. The second-order valence-electron chi connectivity index (χ2n) is 7.54. The maximum absolute atomic E-state index is 13.2. The molecule has 0 unspecified atom stereocenters. The van der Waals surface area contributed by atoms with Gasteiger partial charge in [0.05, 0.1) is 22.7 Å². The summed E-state index contributed by atoms with van der Waals surface area (Å²) in [5.74, 6) is 0.342. The second-order valence-corrected chi connectivity index (χ2v) is 8.60. The van der Waals surface area contributed by atoms with Gasteiger partial charge in [-0.3, -0.25) is 9.69 Å². The fourth-order valence-electron chi connectivity index (χ4n) is 4.35. The van der Waals surface area contributed by atoms with E-state index in [0.717, 1.165) is 56.1 Å². The average Bonchev–Trinajstić information content (AvgIpc) is 3.26. The Bertz CT molecular complexity index is 767. The molecule has 1 spiro atoms. The summed E-state index contributed by atoms with van der Waals surface area (Å²) >= 11 is 1.66. The molecule has 2 aromatic rings. The number of carbonyl (C=O) groups excluding carboxylic acids is 1. The van der Waals surface area contributed by atoms with Crippen LogP contribution >= 0.6 is 11.3 Å². The summed E-state index contributed by atoms with van der Waals surface area (Å²) in [5, 5.41) is 3.15. The minimum atomic E-state index is -0.172. The van der Waals surface area contributed by atoms with Gasteiger partial charge in [-0.15, -0.1) is 11.3 Å². The number of likely N-dealkylation sites (tertiary alicyclic amines) is 2. The predicted molar refractivity (Wildman–Crippen MR) is 99.2 cm³/mol. The van der Waals surface area contributed by atoms with Crippen LogP contribution in [-0.4, -0.2) is 44.9 Å². The molecule has 2 saturated heterocycles. The molecule has 2 fully saturated rings. The van der Waals surface area contributed by atoms with Crippen LogP contribution in [0.25, 0.3) is 0 Å². The highest BCUT2D eigenvalue weighted by Gasteiger charge is 2.48. The topological polar surface area (TPSA) is 41.4 Å². The highest BCUT2D eigenvalue weighted by molar-refractivity contribution is 7.09. The third kappa shape index (κ3) is 3.25. The predicted octanol–water partition coefficient (Wildman–Crippen LogP) is 2.80. The largest absolute Gasteiger partial charge is 0.353 e. The zero-order valence-electron chi connectivity index (χ0n) is 15.1. The highest BCUT2D eigenvalue weighted by atomic mass is 32.1. The molecule has 6 heteroatoms. The number of nitrogens with zero attached hydrogens (tertiary/aromatic N) is 4. The minimum absolute atomic E-state index is 0.172. The van der Waals surface area contributed by atoms with Crippen LogP contribution in [0.5, 0.6) is 0 Å². The summed E-state index contributed by atoms with van der Waals surface area (Å²) in [5.41, 5.74) is 2.18. The molecule has 25 heavy (non-hydrogen) atoms. The molecule has 0 saturated carbocycles. The maximum Gasteiger partial charge on any atom is 0.230 e. The van der Waals surface area contributed by atoms with Crippen molar-refractivity contribution in [3.63, 3.8) is 0 Å². The van der Waals surface area contributed by atoms with Crippen molar-refractivity contribution in [2.45, 2.75) is 39.3 Å². The molecule has 2 aliphatic heterocycles. The van der Waals surface area contributed by atoms with E-state index in [4.69, 9.17) is 0 Å². The van der Waals surface area contributed by atoms with E-state index in [2.05, 4.69) is 45.2 Å². The van der Waals surface area contributed by atoms with Crippen LogP contribution in [0.4, 0.5) is 0 Å². The number of carbonyl (C=O) groups is 1. The normalized spacial score (nSPS) is 24.6. The van der Waals surface area contributed by atoms with Gasteiger partial charge in [0.25, 0.3) is 0 Å². The summed E-state index contributed by atoms with van der Waals surface area (Å²) in [6.45, 7) is 6.47. The molecule has 0 bridgehead atoms. The number of thiazole rings is 1. The van der Waals surface area contributed by atoms with Crippen molar-refractivity contribution in [2.75, 3.05) is 19.6 Å². The summed E-state index contributed by atoms with van der Waals surface area (Å²) in [4.78, 5) is 22.2. The van der Waals surface area contributed by atoms with Gasteiger partial charge in [0, 0.05) is 44.0 Å². The van der Waals surface area contributed by atoms with Gasteiger partial charge in [-0.05, 0) is 44.9 Å².